The second kappa shape index (κ2) is 9.17. The molecule has 1 N–H and O–H groups in total. The van der Waals surface area contributed by atoms with Crippen LogP contribution in [-0.4, -0.2) is 71.8 Å². The lowest BCUT2D eigenvalue weighted by Gasteiger charge is -2.35. The van der Waals surface area contributed by atoms with Gasteiger partial charge >= 0.3 is 5.97 Å². The quantitative estimate of drug-likeness (QED) is 0.519. The summed E-state index contributed by atoms with van der Waals surface area (Å²) in [6.45, 7) is 0.196. The number of hydrogen-bond donors (Lipinski definition) is 1. The number of β-amino-alcohol motifs (C(OH)–C–C–N with tert-alkyl or cyclic N) is 1. The van der Waals surface area contributed by atoms with Crippen LogP contribution in [0.5, 0.6) is 0 Å². The van der Waals surface area contributed by atoms with Crippen molar-refractivity contribution in [2.75, 3.05) is 31.2 Å². The van der Waals surface area contributed by atoms with E-state index in [0.717, 1.165) is 19.3 Å². The van der Waals surface area contributed by atoms with Crippen molar-refractivity contribution in [2.24, 2.45) is 11.8 Å². The Kier molecular flexibility index (Phi) is 6.22. The van der Waals surface area contributed by atoms with Gasteiger partial charge in [-0.25, -0.2) is 0 Å². The van der Waals surface area contributed by atoms with Crippen molar-refractivity contribution in [2.45, 2.75) is 37.0 Å². The Morgan fingerprint density at radius 2 is 1.88 bits per heavy atom. The molecule has 2 saturated heterocycles. The first kappa shape index (κ1) is 23.1. The molecule has 5 rings (SSSR count). The molecule has 2 fully saturated rings. The Labute approximate surface area is 202 Å². The number of likely N-dealkylation sites (tertiary alicyclic amines) is 1. The van der Waals surface area contributed by atoms with Gasteiger partial charge in [0.25, 0.3) is 5.91 Å². The minimum Gasteiger partial charge on any atom is -0.465 e. The normalized spacial score (nSPS) is 34.2. The van der Waals surface area contributed by atoms with Gasteiger partial charge in [0.1, 0.15) is 17.6 Å². The molecule has 4 aliphatic rings. The van der Waals surface area contributed by atoms with Gasteiger partial charge in [0.15, 0.2) is 0 Å². The number of halogens is 1. The first-order chi connectivity index (χ1) is 16.5. The average Bonchev–Trinajstić information content (AvgIpc) is 3.20. The van der Waals surface area contributed by atoms with Crippen molar-refractivity contribution in [3.05, 3.63) is 53.6 Å². The molecule has 5 atom stereocenters. The molecule has 1 aromatic rings. The van der Waals surface area contributed by atoms with Gasteiger partial charge in [-0.1, -0.05) is 35.9 Å². The van der Waals surface area contributed by atoms with E-state index in [1.807, 2.05) is 18.2 Å². The highest BCUT2D eigenvalue weighted by Gasteiger charge is 2.71. The molecular formula is C25H27ClN2O6. The van der Waals surface area contributed by atoms with E-state index in [1.54, 1.807) is 35.2 Å². The van der Waals surface area contributed by atoms with Crippen molar-refractivity contribution in [3.63, 3.8) is 0 Å². The molecule has 0 radical (unpaired) electrons. The first-order valence-electron chi connectivity index (χ1n) is 11.6. The molecule has 0 bridgehead atoms. The van der Waals surface area contributed by atoms with Crippen LogP contribution in [0.2, 0.25) is 5.02 Å². The highest BCUT2D eigenvalue weighted by Crippen LogP contribution is 2.53. The van der Waals surface area contributed by atoms with E-state index in [2.05, 4.69) is 0 Å². The van der Waals surface area contributed by atoms with Crippen LogP contribution < -0.4 is 4.90 Å². The summed E-state index contributed by atoms with van der Waals surface area (Å²) in [5.74, 6) is -3.00. The van der Waals surface area contributed by atoms with Crippen LogP contribution in [0.4, 0.5) is 5.69 Å². The zero-order chi connectivity index (χ0) is 23.9. The molecule has 0 saturated carbocycles. The highest BCUT2D eigenvalue weighted by atomic mass is 35.5. The van der Waals surface area contributed by atoms with Crippen molar-refractivity contribution in [1.29, 1.82) is 0 Å². The van der Waals surface area contributed by atoms with E-state index in [0.29, 0.717) is 10.7 Å². The highest BCUT2D eigenvalue weighted by molar-refractivity contribution is 6.30. The number of carbonyl (C=O) groups is 3. The maximum absolute atomic E-state index is 14.0. The smallest absolute Gasteiger partial charge is 0.312 e. The second-order valence-electron chi connectivity index (χ2n) is 9.02. The minimum absolute atomic E-state index is 0.0403. The van der Waals surface area contributed by atoms with Gasteiger partial charge in [-0.05, 0) is 43.5 Å². The summed E-state index contributed by atoms with van der Waals surface area (Å²) in [6, 6.07) is 5.86. The van der Waals surface area contributed by atoms with E-state index < -0.39 is 35.6 Å². The number of rotatable bonds is 3. The van der Waals surface area contributed by atoms with Gasteiger partial charge in [0.2, 0.25) is 5.91 Å². The third kappa shape index (κ3) is 3.65. The Morgan fingerprint density at radius 3 is 2.65 bits per heavy atom. The summed E-state index contributed by atoms with van der Waals surface area (Å²) in [4.78, 5) is 43.8. The molecule has 9 heteroatoms. The Morgan fingerprint density at radius 1 is 1.09 bits per heavy atom. The number of nitrogens with zero attached hydrogens (tertiary/aromatic N) is 2. The third-order valence-corrected chi connectivity index (χ3v) is 7.33. The Bertz CT molecular complexity index is 1040. The molecule has 1 aromatic carbocycles. The van der Waals surface area contributed by atoms with E-state index in [4.69, 9.17) is 21.1 Å². The molecule has 4 aliphatic heterocycles. The summed E-state index contributed by atoms with van der Waals surface area (Å²) >= 11 is 6.03. The predicted molar refractivity (Wildman–Crippen MR) is 124 cm³/mol. The lowest BCUT2D eigenvalue weighted by molar-refractivity contribution is -0.154. The number of amides is 2. The molecule has 1 spiro atoms. The van der Waals surface area contributed by atoms with Gasteiger partial charge in [-0.2, -0.15) is 0 Å². The minimum atomic E-state index is -1.34. The predicted octanol–water partition coefficient (Wildman–Crippen LogP) is 2.10. The summed E-state index contributed by atoms with van der Waals surface area (Å²) in [7, 11) is 0. The van der Waals surface area contributed by atoms with Gasteiger partial charge in [0.05, 0.1) is 25.2 Å². The van der Waals surface area contributed by atoms with Crippen LogP contribution in [0.3, 0.4) is 0 Å². The molecule has 34 heavy (non-hydrogen) atoms. The van der Waals surface area contributed by atoms with Crippen molar-refractivity contribution in [3.8, 4) is 0 Å². The number of aliphatic hydroxyl groups is 1. The third-order valence-electron chi connectivity index (χ3n) is 7.08. The molecular weight excluding hydrogens is 460 g/mol. The monoisotopic (exact) mass is 486 g/mol. The first-order valence-corrected chi connectivity index (χ1v) is 12.0. The Hall–Kier alpha value is -2.68. The van der Waals surface area contributed by atoms with Crippen molar-refractivity contribution in [1.82, 2.24) is 4.90 Å². The Balaban J connectivity index is 1.59. The van der Waals surface area contributed by atoms with Crippen LogP contribution in [0.1, 0.15) is 19.3 Å². The van der Waals surface area contributed by atoms with E-state index in [-0.39, 0.29) is 38.1 Å². The van der Waals surface area contributed by atoms with Gasteiger partial charge in [-0.15, -0.1) is 0 Å². The maximum atomic E-state index is 14.0. The largest absolute Gasteiger partial charge is 0.465 e. The summed E-state index contributed by atoms with van der Waals surface area (Å²) in [5.41, 5.74) is -0.704. The molecule has 0 aliphatic carbocycles. The van der Waals surface area contributed by atoms with Crippen LogP contribution >= 0.6 is 11.6 Å². The zero-order valence-corrected chi connectivity index (χ0v) is 19.4. The standard InChI is InChI=1S/C25H27ClN2O6/c26-16-7-9-17(10-8-16)27-12-5-11-25-20(22(30)28(13-14-29)21(25)23(27)31)19-18(34-25)6-3-1-2-4-15-33-24(19)32/h3,5-11,18-21,29H,1-2,4,12-15H2/b6-3-/t18-,19+,20+,21?,25+/m1/s1. The number of carbonyl (C=O) groups excluding carboxylic acids is 3. The summed E-state index contributed by atoms with van der Waals surface area (Å²) < 4.78 is 12.0. The number of esters is 1. The fourth-order valence-corrected chi connectivity index (χ4v) is 5.74. The lowest BCUT2D eigenvalue weighted by Crippen LogP contribution is -2.55. The number of fused-ring (bicyclic) bond motifs is 2. The fourth-order valence-electron chi connectivity index (χ4n) is 5.62. The van der Waals surface area contributed by atoms with Gasteiger partial charge < -0.3 is 24.4 Å². The summed E-state index contributed by atoms with van der Waals surface area (Å²) in [6.07, 6.45) is 9.13. The maximum Gasteiger partial charge on any atom is 0.312 e. The average molecular weight is 487 g/mol. The number of cyclic esters (lactones) is 1. The zero-order valence-electron chi connectivity index (χ0n) is 18.6. The van der Waals surface area contributed by atoms with E-state index in [1.165, 1.54) is 4.90 Å². The van der Waals surface area contributed by atoms with Crippen LogP contribution in [0.15, 0.2) is 48.6 Å². The lowest BCUT2D eigenvalue weighted by atomic mass is 9.78. The van der Waals surface area contributed by atoms with Crippen LogP contribution in [0.25, 0.3) is 0 Å². The summed E-state index contributed by atoms with van der Waals surface area (Å²) in [5, 5.41) is 10.3. The number of hydrogen-bond acceptors (Lipinski definition) is 6. The van der Waals surface area contributed by atoms with Crippen molar-refractivity contribution >= 4 is 35.1 Å². The van der Waals surface area contributed by atoms with Gasteiger partial charge in [0, 0.05) is 23.8 Å². The number of anilines is 1. The number of benzene rings is 1. The molecule has 180 valence electrons. The van der Waals surface area contributed by atoms with Crippen LogP contribution in [0, 0.1) is 11.8 Å². The molecule has 2 amide bonds. The van der Waals surface area contributed by atoms with Gasteiger partial charge in [-0.3, -0.25) is 14.4 Å². The second-order valence-corrected chi connectivity index (χ2v) is 9.45. The number of aliphatic hydroxyl groups excluding tert-OH is 1. The molecule has 0 aromatic heterocycles. The van der Waals surface area contributed by atoms with Crippen molar-refractivity contribution < 1.29 is 29.0 Å². The topological polar surface area (TPSA) is 96.4 Å². The fraction of sp³-hybridized carbons (Fsp3) is 0.480. The molecule has 1 unspecified atom stereocenters. The van der Waals surface area contributed by atoms with E-state index in [9.17, 15) is 19.5 Å². The van der Waals surface area contributed by atoms with Crippen LogP contribution in [-0.2, 0) is 23.9 Å². The van der Waals surface area contributed by atoms with E-state index >= 15 is 0 Å². The SMILES string of the molecule is O=C1OCCCC/C=C\[C@H]2O[C@]34C=CCN(c5ccc(Cl)cc5)C(=O)C3N(CCO)C(=O)[C@@H]4[C@@H]12. The molecule has 4 heterocycles. The molecule has 8 nitrogen and oxygen atoms in total. The number of allylic oxidation sites excluding steroid dienone is 1. The number of ether oxygens (including phenoxy) is 2.